The van der Waals surface area contributed by atoms with E-state index in [9.17, 15) is 9.90 Å². The van der Waals surface area contributed by atoms with Gasteiger partial charge in [0.2, 0.25) is 0 Å². The molecular formula is C18H22N2O3. The Morgan fingerprint density at radius 2 is 2.04 bits per heavy atom. The molecular weight excluding hydrogens is 292 g/mol. The van der Waals surface area contributed by atoms with Crippen LogP contribution in [0.2, 0.25) is 0 Å². The van der Waals surface area contributed by atoms with E-state index in [2.05, 4.69) is 10.2 Å². The van der Waals surface area contributed by atoms with E-state index in [0.29, 0.717) is 5.69 Å². The van der Waals surface area contributed by atoms with Gasteiger partial charge in [0.25, 0.3) is 0 Å². The van der Waals surface area contributed by atoms with Gasteiger partial charge in [0.05, 0.1) is 23.7 Å². The highest BCUT2D eigenvalue weighted by Gasteiger charge is 2.14. The van der Waals surface area contributed by atoms with Crippen molar-refractivity contribution in [2.24, 2.45) is 0 Å². The van der Waals surface area contributed by atoms with E-state index in [1.165, 1.54) is 0 Å². The molecule has 1 N–H and O–H groups in total. The zero-order valence-electron chi connectivity index (χ0n) is 13.9. The molecule has 1 aromatic heterocycles. The van der Waals surface area contributed by atoms with Gasteiger partial charge in [-0.3, -0.25) is 4.79 Å². The summed E-state index contributed by atoms with van der Waals surface area (Å²) in [5.74, 6) is -0.253. The lowest BCUT2D eigenvalue weighted by atomic mass is 10.1. The maximum Gasteiger partial charge on any atom is 0.310 e. The summed E-state index contributed by atoms with van der Waals surface area (Å²) in [7, 11) is 0. The third-order valence-corrected chi connectivity index (χ3v) is 3.07. The molecule has 1 aromatic carbocycles. The van der Waals surface area contributed by atoms with Crippen molar-refractivity contribution in [2.75, 3.05) is 0 Å². The first kappa shape index (κ1) is 17.1. The molecule has 0 amide bonds. The van der Waals surface area contributed by atoms with Crippen LogP contribution in [0.15, 0.2) is 30.3 Å². The zero-order chi connectivity index (χ0) is 17.0. The van der Waals surface area contributed by atoms with Gasteiger partial charge < -0.3 is 9.84 Å². The van der Waals surface area contributed by atoms with Crippen LogP contribution >= 0.6 is 0 Å². The van der Waals surface area contributed by atoms with Crippen LogP contribution in [0.3, 0.4) is 0 Å². The molecule has 122 valence electrons. The van der Waals surface area contributed by atoms with Crippen LogP contribution in [0.1, 0.15) is 51.5 Å². The third-order valence-electron chi connectivity index (χ3n) is 3.07. The predicted octanol–water partition coefficient (Wildman–Crippen LogP) is 3.43. The van der Waals surface area contributed by atoms with E-state index >= 15 is 0 Å². The van der Waals surface area contributed by atoms with E-state index < -0.39 is 11.7 Å². The molecule has 1 heterocycles. The Bertz CT molecular complexity index is 731. The van der Waals surface area contributed by atoms with Crippen molar-refractivity contribution in [3.63, 3.8) is 0 Å². The van der Waals surface area contributed by atoms with Crippen LogP contribution in [0.25, 0.3) is 17.0 Å². The Balaban J connectivity index is 2.11. The normalized spacial score (nSPS) is 13.4. The molecule has 0 spiro atoms. The maximum absolute atomic E-state index is 11.7. The van der Waals surface area contributed by atoms with E-state index in [4.69, 9.17) is 4.74 Å². The second-order valence-corrected chi connectivity index (χ2v) is 6.46. The molecule has 0 aliphatic rings. The minimum Gasteiger partial charge on any atom is -0.460 e. The van der Waals surface area contributed by atoms with Gasteiger partial charge in [0, 0.05) is 5.39 Å². The van der Waals surface area contributed by atoms with Crippen LogP contribution in [-0.4, -0.2) is 26.9 Å². The van der Waals surface area contributed by atoms with E-state index in [1.807, 2.05) is 51.1 Å². The molecule has 0 fully saturated rings. The van der Waals surface area contributed by atoms with Gasteiger partial charge >= 0.3 is 5.97 Å². The second-order valence-electron chi connectivity index (χ2n) is 6.46. The highest BCUT2D eigenvalue weighted by atomic mass is 16.6. The lowest BCUT2D eigenvalue weighted by molar-refractivity contribution is -0.153. The molecule has 2 aromatic rings. The van der Waals surface area contributed by atoms with Crippen molar-refractivity contribution < 1.29 is 14.6 Å². The fourth-order valence-electron chi connectivity index (χ4n) is 2.06. The summed E-state index contributed by atoms with van der Waals surface area (Å²) in [5, 5.41) is 18.5. The van der Waals surface area contributed by atoms with Crippen LogP contribution < -0.4 is 0 Å². The molecule has 0 saturated carbocycles. The second kappa shape index (κ2) is 6.87. The number of carbonyl (C=O) groups is 1. The van der Waals surface area contributed by atoms with Crippen LogP contribution in [0.4, 0.5) is 0 Å². The number of hydrogen-bond acceptors (Lipinski definition) is 5. The Morgan fingerprint density at radius 1 is 1.30 bits per heavy atom. The molecule has 0 unspecified atom stereocenters. The summed E-state index contributed by atoms with van der Waals surface area (Å²) < 4.78 is 5.25. The van der Waals surface area contributed by atoms with Crippen LogP contribution in [0.5, 0.6) is 0 Å². The molecule has 0 radical (unpaired) electrons. The smallest absolute Gasteiger partial charge is 0.310 e. The molecule has 23 heavy (non-hydrogen) atoms. The van der Waals surface area contributed by atoms with Crippen molar-refractivity contribution in [3.8, 4) is 0 Å². The van der Waals surface area contributed by atoms with Crippen molar-refractivity contribution in [3.05, 3.63) is 41.6 Å². The first-order chi connectivity index (χ1) is 10.7. The molecule has 5 nitrogen and oxygen atoms in total. The topological polar surface area (TPSA) is 72.3 Å². The molecule has 0 aliphatic heterocycles. The number of ether oxygens (including phenoxy) is 1. The monoisotopic (exact) mass is 314 g/mol. The van der Waals surface area contributed by atoms with Gasteiger partial charge in [-0.1, -0.05) is 18.2 Å². The molecule has 0 bridgehead atoms. The van der Waals surface area contributed by atoms with Gasteiger partial charge in [0.1, 0.15) is 5.60 Å². The maximum atomic E-state index is 11.7. The van der Waals surface area contributed by atoms with Crippen molar-refractivity contribution in [2.45, 2.75) is 45.8 Å². The van der Waals surface area contributed by atoms with Gasteiger partial charge in [-0.2, -0.15) is 10.2 Å². The predicted molar refractivity (Wildman–Crippen MR) is 89.7 cm³/mol. The molecule has 5 heteroatoms. The minimum absolute atomic E-state index is 0.225. The summed E-state index contributed by atoms with van der Waals surface area (Å²) in [6, 6.07) is 7.53. The zero-order valence-corrected chi connectivity index (χ0v) is 13.9. The lowest BCUT2D eigenvalue weighted by Gasteiger charge is -2.18. The third kappa shape index (κ3) is 5.14. The summed E-state index contributed by atoms with van der Waals surface area (Å²) in [6.07, 6.45) is 3.21. The lowest BCUT2D eigenvalue weighted by Crippen LogP contribution is -2.23. The average Bonchev–Trinajstić information content (AvgIpc) is 2.44. The number of aliphatic hydroxyl groups is 1. The van der Waals surface area contributed by atoms with Crippen LogP contribution in [0, 0.1) is 0 Å². The number of rotatable bonds is 4. The fourth-order valence-corrected chi connectivity index (χ4v) is 2.06. The van der Waals surface area contributed by atoms with Crippen LogP contribution in [-0.2, 0) is 9.53 Å². The largest absolute Gasteiger partial charge is 0.460 e. The molecule has 1 atom stereocenters. The van der Waals surface area contributed by atoms with Crippen molar-refractivity contribution in [1.82, 2.24) is 10.2 Å². The number of aromatic nitrogens is 2. The number of nitrogens with zero attached hydrogens (tertiary/aromatic N) is 2. The SMILES string of the molecule is C[C@@H](O)c1cc2cc(C=CCC(=O)OC(C)(C)C)ccc2nn1. The van der Waals surface area contributed by atoms with E-state index in [0.717, 1.165) is 16.5 Å². The average molecular weight is 314 g/mol. The number of carbonyl (C=O) groups excluding carboxylic acids is 1. The Morgan fingerprint density at radius 3 is 2.70 bits per heavy atom. The Hall–Kier alpha value is -2.27. The molecule has 2 rings (SSSR count). The van der Waals surface area contributed by atoms with E-state index in [-0.39, 0.29) is 12.4 Å². The summed E-state index contributed by atoms with van der Waals surface area (Å²) in [5.41, 5.74) is 1.78. The van der Waals surface area contributed by atoms with Gasteiger partial charge in [0.15, 0.2) is 0 Å². The Kier molecular flexibility index (Phi) is 5.11. The highest BCUT2D eigenvalue weighted by molar-refractivity contribution is 5.81. The molecule has 0 aliphatic carbocycles. The van der Waals surface area contributed by atoms with E-state index in [1.54, 1.807) is 13.0 Å². The van der Waals surface area contributed by atoms with Crippen molar-refractivity contribution in [1.29, 1.82) is 0 Å². The van der Waals surface area contributed by atoms with Crippen molar-refractivity contribution >= 4 is 22.9 Å². The Labute approximate surface area is 136 Å². The summed E-state index contributed by atoms with van der Waals surface area (Å²) >= 11 is 0. The highest BCUT2D eigenvalue weighted by Crippen LogP contribution is 2.18. The number of esters is 1. The molecule has 0 saturated heterocycles. The quantitative estimate of drug-likeness (QED) is 0.875. The summed E-state index contributed by atoms with van der Waals surface area (Å²) in [4.78, 5) is 11.7. The van der Waals surface area contributed by atoms with Gasteiger partial charge in [-0.05, 0) is 51.5 Å². The number of fused-ring (bicyclic) bond motifs is 1. The van der Waals surface area contributed by atoms with Gasteiger partial charge in [-0.15, -0.1) is 0 Å². The first-order valence-electron chi connectivity index (χ1n) is 7.58. The standard InChI is InChI=1S/C18H22N2O3/c1-12(21)16-11-14-10-13(8-9-15(14)19-20-16)6-5-7-17(22)23-18(2,3)4/h5-6,8-12,21H,7H2,1-4H3/t12-/m1/s1. The number of aliphatic hydroxyl groups excluding tert-OH is 1. The van der Waals surface area contributed by atoms with Gasteiger partial charge in [-0.25, -0.2) is 0 Å². The number of benzene rings is 1. The minimum atomic E-state index is -0.654. The first-order valence-corrected chi connectivity index (χ1v) is 7.58. The number of hydrogen-bond donors (Lipinski definition) is 1. The fraction of sp³-hybridized carbons (Fsp3) is 0.389. The summed E-state index contributed by atoms with van der Waals surface area (Å²) in [6.45, 7) is 7.19.